The van der Waals surface area contributed by atoms with Gasteiger partial charge in [0, 0.05) is 23.5 Å². The van der Waals surface area contributed by atoms with E-state index >= 15 is 0 Å². The summed E-state index contributed by atoms with van der Waals surface area (Å²) in [4.78, 5) is 1.18. The Balaban J connectivity index is 2.20. The van der Waals surface area contributed by atoms with Crippen LogP contribution in [0.15, 0.2) is 34.2 Å². The topological polar surface area (TPSA) is 29.9 Å². The molecule has 0 saturated heterocycles. The maximum Gasteiger partial charge on any atom is 0.0987 e. The monoisotopic (exact) mass is 309 g/mol. The molecule has 0 fully saturated rings. The van der Waals surface area contributed by atoms with Gasteiger partial charge in [0.2, 0.25) is 0 Å². The van der Waals surface area contributed by atoms with E-state index < -0.39 is 0 Å². The quantitative estimate of drug-likeness (QED) is 0.817. The molecular weight excluding hydrogens is 290 g/mol. The third-order valence-corrected chi connectivity index (χ3v) is 4.37. The van der Waals surface area contributed by atoms with Crippen molar-refractivity contribution in [3.05, 3.63) is 40.5 Å². The molecule has 0 aliphatic rings. The molecule has 0 atom stereocenters. The highest BCUT2D eigenvalue weighted by Crippen LogP contribution is 2.32. The number of benzene rings is 1. The summed E-state index contributed by atoms with van der Waals surface area (Å²) in [6.45, 7) is 6.07. The van der Waals surface area contributed by atoms with Crippen LogP contribution in [0.3, 0.4) is 0 Å². The lowest BCUT2D eigenvalue weighted by atomic mass is 10.2. The molecule has 0 amide bonds. The third kappa shape index (κ3) is 4.01. The van der Waals surface area contributed by atoms with E-state index in [9.17, 15) is 0 Å². The van der Waals surface area contributed by atoms with Gasteiger partial charge >= 0.3 is 0 Å². The zero-order valence-electron chi connectivity index (χ0n) is 12.1. The molecule has 0 saturated carbocycles. The third-order valence-electron chi connectivity index (χ3n) is 2.95. The molecule has 20 heavy (non-hydrogen) atoms. The van der Waals surface area contributed by atoms with Crippen LogP contribution in [0.5, 0.6) is 0 Å². The predicted octanol–water partition coefficient (Wildman–Crippen LogP) is 4.03. The van der Waals surface area contributed by atoms with Gasteiger partial charge in [-0.1, -0.05) is 36.4 Å². The van der Waals surface area contributed by atoms with E-state index in [0.29, 0.717) is 0 Å². The summed E-state index contributed by atoms with van der Waals surface area (Å²) in [7, 11) is 1.97. The number of nitrogens with zero attached hydrogens (tertiary/aromatic N) is 2. The van der Waals surface area contributed by atoms with Gasteiger partial charge in [0.15, 0.2) is 0 Å². The van der Waals surface area contributed by atoms with Crippen molar-refractivity contribution >= 4 is 23.4 Å². The van der Waals surface area contributed by atoms with E-state index in [4.69, 9.17) is 11.6 Å². The van der Waals surface area contributed by atoms with Gasteiger partial charge in [-0.25, -0.2) is 0 Å². The number of hydrogen-bond donors (Lipinski definition) is 1. The molecule has 1 aromatic heterocycles. The van der Waals surface area contributed by atoms with Crippen LogP contribution in [-0.2, 0) is 13.6 Å². The second-order valence-corrected chi connectivity index (χ2v) is 6.28. The van der Waals surface area contributed by atoms with Crippen molar-refractivity contribution in [2.24, 2.45) is 7.05 Å². The molecular formula is C15H20ClN3S. The van der Waals surface area contributed by atoms with Crippen molar-refractivity contribution in [2.75, 3.05) is 6.54 Å². The van der Waals surface area contributed by atoms with Crippen LogP contribution < -0.4 is 5.32 Å². The lowest BCUT2D eigenvalue weighted by molar-refractivity contribution is 0.668. The molecule has 0 radical (unpaired) electrons. The van der Waals surface area contributed by atoms with Gasteiger partial charge in [0.25, 0.3) is 0 Å². The van der Waals surface area contributed by atoms with E-state index in [0.717, 1.165) is 35.3 Å². The van der Waals surface area contributed by atoms with Gasteiger partial charge in [-0.3, -0.25) is 4.68 Å². The Hall–Kier alpha value is -0.970. The van der Waals surface area contributed by atoms with Gasteiger partial charge in [-0.05, 0) is 43.7 Å². The summed E-state index contributed by atoms with van der Waals surface area (Å²) in [6, 6.07) is 8.16. The highest BCUT2D eigenvalue weighted by Gasteiger charge is 2.09. The molecule has 0 aliphatic heterocycles. The van der Waals surface area contributed by atoms with Gasteiger partial charge < -0.3 is 5.32 Å². The van der Waals surface area contributed by atoms with Crippen molar-refractivity contribution in [1.29, 1.82) is 0 Å². The Kier molecular flexibility index (Phi) is 5.52. The zero-order chi connectivity index (χ0) is 14.5. The van der Waals surface area contributed by atoms with Crippen LogP contribution in [0.1, 0.15) is 24.6 Å². The summed E-state index contributed by atoms with van der Waals surface area (Å²) in [6.07, 6.45) is 1.14. The summed E-state index contributed by atoms with van der Waals surface area (Å²) in [5, 5.41) is 9.72. The lowest BCUT2D eigenvalue weighted by Crippen LogP contribution is -2.14. The minimum Gasteiger partial charge on any atom is -0.313 e. The molecule has 0 bridgehead atoms. The highest BCUT2D eigenvalue weighted by molar-refractivity contribution is 7.99. The fraction of sp³-hybridized carbons (Fsp3) is 0.400. The Morgan fingerprint density at radius 2 is 2.15 bits per heavy atom. The first kappa shape index (κ1) is 15.4. The van der Waals surface area contributed by atoms with Crippen molar-refractivity contribution < 1.29 is 0 Å². The van der Waals surface area contributed by atoms with Crippen LogP contribution in [0.2, 0.25) is 5.02 Å². The first-order valence-electron chi connectivity index (χ1n) is 6.77. The van der Waals surface area contributed by atoms with Crippen LogP contribution in [0.25, 0.3) is 0 Å². The Labute approximate surface area is 129 Å². The average molecular weight is 310 g/mol. The molecule has 0 aliphatic carbocycles. The van der Waals surface area contributed by atoms with E-state index in [2.05, 4.69) is 29.5 Å². The van der Waals surface area contributed by atoms with Crippen molar-refractivity contribution in [2.45, 2.75) is 36.7 Å². The van der Waals surface area contributed by atoms with Crippen molar-refractivity contribution in [3.8, 4) is 0 Å². The Bertz CT molecular complexity index is 580. The van der Waals surface area contributed by atoms with Crippen LogP contribution >= 0.6 is 23.4 Å². The summed E-state index contributed by atoms with van der Waals surface area (Å²) in [5.74, 6) is 0. The van der Waals surface area contributed by atoms with Gasteiger partial charge in [0.05, 0.1) is 10.7 Å². The van der Waals surface area contributed by atoms with Crippen molar-refractivity contribution in [3.63, 3.8) is 0 Å². The maximum atomic E-state index is 6.13. The zero-order valence-corrected chi connectivity index (χ0v) is 13.7. The molecule has 1 heterocycles. The van der Waals surface area contributed by atoms with Gasteiger partial charge in [-0.15, -0.1) is 0 Å². The van der Waals surface area contributed by atoms with E-state index in [1.54, 1.807) is 11.8 Å². The lowest BCUT2D eigenvalue weighted by Gasteiger charge is -2.10. The van der Waals surface area contributed by atoms with Gasteiger partial charge in [-0.2, -0.15) is 5.10 Å². The van der Waals surface area contributed by atoms with E-state index in [-0.39, 0.29) is 0 Å². The molecule has 0 spiro atoms. The SMILES string of the molecule is CCCNCc1ccc(Cl)cc1Sc1cc(C)nn1C. The summed E-state index contributed by atoms with van der Waals surface area (Å²) in [5.41, 5.74) is 2.30. The normalized spacial score (nSPS) is 11.0. The first-order valence-corrected chi connectivity index (χ1v) is 7.97. The molecule has 0 unspecified atom stereocenters. The van der Waals surface area contributed by atoms with Crippen LogP contribution in [-0.4, -0.2) is 16.3 Å². The largest absolute Gasteiger partial charge is 0.313 e. The molecule has 2 rings (SSSR count). The molecule has 5 heteroatoms. The van der Waals surface area contributed by atoms with Crippen molar-refractivity contribution in [1.82, 2.24) is 15.1 Å². The predicted molar refractivity (Wildman–Crippen MR) is 85.5 cm³/mol. The number of rotatable bonds is 6. The number of aryl methyl sites for hydroxylation is 2. The highest BCUT2D eigenvalue weighted by atomic mass is 35.5. The summed E-state index contributed by atoms with van der Waals surface area (Å²) >= 11 is 7.84. The Morgan fingerprint density at radius 3 is 2.80 bits per heavy atom. The van der Waals surface area contributed by atoms with E-state index in [1.807, 2.05) is 30.8 Å². The average Bonchev–Trinajstić information content (AvgIpc) is 2.71. The fourth-order valence-corrected chi connectivity index (χ4v) is 3.29. The van der Waals surface area contributed by atoms with Crippen LogP contribution in [0.4, 0.5) is 0 Å². The number of halogens is 1. The molecule has 1 aromatic carbocycles. The molecule has 3 nitrogen and oxygen atoms in total. The second-order valence-electron chi connectivity index (χ2n) is 4.78. The number of hydrogen-bond acceptors (Lipinski definition) is 3. The minimum absolute atomic E-state index is 0.769. The smallest absolute Gasteiger partial charge is 0.0987 e. The Morgan fingerprint density at radius 1 is 1.35 bits per heavy atom. The van der Waals surface area contributed by atoms with E-state index in [1.165, 1.54) is 10.5 Å². The van der Waals surface area contributed by atoms with Crippen LogP contribution in [0, 0.1) is 6.92 Å². The minimum atomic E-state index is 0.769. The molecule has 2 aromatic rings. The molecule has 108 valence electrons. The molecule has 1 N–H and O–H groups in total. The maximum absolute atomic E-state index is 6.13. The standard InChI is InChI=1S/C15H20ClN3S/c1-4-7-17-10-12-5-6-13(16)9-14(12)20-15-8-11(2)18-19(15)3/h5-6,8-9,17H,4,7,10H2,1-3H3. The fourth-order valence-electron chi connectivity index (χ4n) is 1.96. The second kappa shape index (κ2) is 7.16. The van der Waals surface area contributed by atoms with Gasteiger partial charge in [0.1, 0.15) is 0 Å². The number of nitrogens with one attached hydrogen (secondary N) is 1. The first-order chi connectivity index (χ1) is 9.60. The summed E-state index contributed by atoms with van der Waals surface area (Å²) < 4.78 is 1.91. The number of aromatic nitrogens is 2.